The van der Waals surface area contributed by atoms with Gasteiger partial charge in [-0.1, -0.05) is 0 Å². The summed E-state index contributed by atoms with van der Waals surface area (Å²) in [5.41, 5.74) is 7.13. The van der Waals surface area contributed by atoms with Gasteiger partial charge in [-0.15, -0.1) is 0 Å². The number of rotatable bonds is 0. The third-order valence-corrected chi connectivity index (χ3v) is 8.74. The number of benzene rings is 1. The Morgan fingerprint density at radius 2 is 0.833 bits per heavy atom. The Labute approximate surface area is 178 Å². The molecule has 156 valence electrons. The first-order valence-corrected chi connectivity index (χ1v) is 11.8. The molecule has 3 atom stereocenters. The van der Waals surface area contributed by atoms with Gasteiger partial charge in [0.1, 0.15) is 34.1 Å². The van der Waals surface area contributed by atoms with Crippen LogP contribution in [0.5, 0.6) is 17.2 Å². The van der Waals surface area contributed by atoms with Crippen LogP contribution in [-0.2, 0) is 0 Å². The molecule has 3 aliphatic heterocycles. The zero-order chi connectivity index (χ0) is 20.3. The molecule has 3 heterocycles. The predicted octanol–water partition coefficient (Wildman–Crippen LogP) is 6.84. The van der Waals surface area contributed by atoms with Gasteiger partial charge in [-0.2, -0.15) is 0 Å². The molecule has 0 bridgehead atoms. The molecule has 0 spiro atoms. The van der Waals surface area contributed by atoms with Crippen molar-refractivity contribution in [3.05, 3.63) is 33.4 Å². The molecule has 3 saturated carbocycles. The van der Waals surface area contributed by atoms with Crippen LogP contribution in [0, 0.1) is 0 Å². The maximum Gasteiger partial charge on any atom is 0.142 e. The van der Waals surface area contributed by atoms with E-state index in [-0.39, 0.29) is 16.8 Å². The van der Waals surface area contributed by atoms with E-state index in [0.717, 1.165) is 72.5 Å². The summed E-state index contributed by atoms with van der Waals surface area (Å²) in [4.78, 5) is 0. The maximum absolute atomic E-state index is 6.84. The van der Waals surface area contributed by atoms with Gasteiger partial charge in [0.15, 0.2) is 0 Å². The standard InChI is InChI=1S/C27H30O3/c1-25-10-4-7-16(25)13-19-22(28-25)20-14-17-8-5-11-26(17,2)30-24(20)21-15-18-9-6-12-27(18,3)29-23(19)21/h13-15H,4-12H2,1-3H3/t25-,26-,27-/m0/s1. The van der Waals surface area contributed by atoms with Crippen LogP contribution >= 0.6 is 0 Å². The fourth-order valence-corrected chi connectivity index (χ4v) is 6.81. The molecule has 0 unspecified atom stereocenters. The summed E-state index contributed by atoms with van der Waals surface area (Å²) >= 11 is 0. The van der Waals surface area contributed by atoms with Crippen molar-refractivity contribution in [2.24, 2.45) is 0 Å². The van der Waals surface area contributed by atoms with Gasteiger partial charge in [-0.05, 0) is 114 Å². The van der Waals surface area contributed by atoms with Crippen molar-refractivity contribution in [1.29, 1.82) is 0 Å². The molecule has 1 aromatic carbocycles. The maximum atomic E-state index is 6.84. The van der Waals surface area contributed by atoms with Crippen LogP contribution in [0.2, 0.25) is 0 Å². The fourth-order valence-electron chi connectivity index (χ4n) is 6.81. The lowest BCUT2D eigenvalue weighted by Gasteiger charge is -2.41. The minimum absolute atomic E-state index is 0.184. The Balaban J connectivity index is 1.54. The highest BCUT2D eigenvalue weighted by molar-refractivity contribution is 5.89. The highest BCUT2D eigenvalue weighted by atomic mass is 16.5. The molecule has 0 saturated heterocycles. The first-order chi connectivity index (χ1) is 14.4. The third-order valence-electron chi connectivity index (χ3n) is 8.74. The molecule has 3 nitrogen and oxygen atoms in total. The Bertz CT molecular complexity index is 947. The molecule has 7 rings (SSSR count). The minimum Gasteiger partial charge on any atom is -0.482 e. The molecule has 3 aliphatic carbocycles. The molecule has 3 fully saturated rings. The molecule has 6 aliphatic rings. The van der Waals surface area contributed by atoms with E-state index in [1.54, 1.807) is 0 Å². The van der Waals surface area contributed by atoms with Crippen molar-refractivity contribution in [2.75, 3.05) is 0 Å². The summed E-state index contributed by atoms with van der Waals surface area (Å²) in [6, 6.07) is 0. The highest BCUT2D eigenvalue weighted by Crippen LogP contribution is 2.60. The van der Waals surface area contributed by atoms with Gasteiger partial charge in [-0.25, -0.2) is 0 Å². The monoisotopic (exact) mass is 402 g/mol. The van der Waals surface area contributed by atoms with Crippen molar-refractivity contribution in [2.45, 2.75) is 95.4 Å². The summed E-state index contributed by atoms with van der Waals surface area (Å²) in [6.07, 6.45) is 17.4. The van der Waals surface area contributed by atoms with Gasteiger partial charge >= 0.3 is 0 Å². The van der Waals surface area contributed by atoms with Crippen molar-refractivity contribution in [1.82, 2.24) is 0 Å². The lowest BCUT2D eigenvalue weighted by Crippen LogP contribution is -2.38. The summed E-state index contributed by atoms with van der Waals surface area (Å²) in [6.45, 7) is 6.77. The van der Waals surface area contributed by atoms with Crippen molar-refractivity contribution < 1.29 is 14.2 Å². The molecule has 0 radical (unpaired) electrons. The molecular weight excluding hydrogens is 372 g/mol. The van der Waals surface area contributed by atoms with Gasteiger partial charge in [0, 0.05) is 0 Å². The molecular formula is C27H30O3. The van der Waals surface area contributed by atoms with E-state index >= 15 is 0 Å². The van der Waals surface area contributed by atoms with Crippen LogP contribution in [0.15, 0.2) is 16.7 Å². The molecule has 1 aromatic rings. The summed E-state index contributed by atoms with van der Waals surface area (Å²) in [5, 5.41) is 0. The highest BCUT2D eigenvalue weighted by Gasteiger charge is 2.48. The lowest BCUT2D eigenvalue weighted by molar-refractivity contribution is 0.107. The van der Waals surface area contributed by atoms with E-state index in [4.69, 9.17) is 14.2 Å². The molecule has 0 N–H and O–H groups in total. The van der Waals surface area contributed by atoms with Crippen molar-refractivity contribution >= 4 is 18.2 Å². The van der Waals surface area contributed by atoms with Crippen LogP contribution < -0.4 is 14.2 Å². The SMILES string of the molecule is C[C@]12CCCC1=Cc1c(c3c(c4c1O[C@@]1(C)CCCC1=C4)O[C@@]1(C)CCCC1=C3)O2. The average Bonchev–Trinajstić information content (AvgIpc) is 3.38. The second kappa shape index (κ2) is 5.36. The largest absolute Gasteiger partial charge is 0.482 e. The number of fused-ring (bicyclic) bond motifs is 9. The Kier molecular flexibility index (Phi) is 3.13. The smallest absolute Gasteiger partial charge is 0.142 e. The third kappa shape index (κ3) is 2.07. The molecule has 0 amide bonds. The first kappa shape index (κ1) is 17.5. The van der Waals surface area contributed by atoms with Crippen molar-refractivity contribution in [3.63, 3.8) is 0 Å². The van der Waals surface area contributed by atoms with Gasteiger partial charge in [-0.3, -0.25) is 0 Å². The van der Waals surface area contributed by atoms with Crippen LogP contribution in [0.1, 0.15) is 95.2 Å². The molecule has 3 heteroatoms. The topological polar surface area (TPSA) is 27.7 Å². The van der Waals surface area contributed by atoms with E-state index in [1.807, 2.05) is 0 Å². The van der Waals surface area contributed by atoms with Gasteiger partial charge in [0.25, 0.3) is 0 Å². The second-order valence-electron chi connectivity index (χ2n) is 10.8. The second-order valence-corrected chi connectivity index (χ2v) is 10.8. The first-order valence-electron chi connectivity index (χ1n) is 11.8. The zero-order valence-corrected chi connectivity index (χ0v) is 18.3. The zero-order valence-electron chi connectivity index (χ0n) is 18.3. The fraction of sp³-hybridized carbons (Fsp3) is 0.556. The van der Waals surface area contributed by atoms with Gasteiger partial charge in [0.05, 0.1) is 16.7 Å². The van der Waals surface area contributed by atoms with Crippen LogP contribution in [0.25, 0.3) is 18.2 Å². The van der Waals surface area contributed by atoms with E-state index in [9.17, 15) is 0 Å². The Morgan fingerprint density at radius 3 is 1.13 bits per heavy atom. The summed E-state index contributed by atoms with van der Waals surface area (Å²) in [5.74, 6) is 2.95. The summed E-state index contributed by atoms with van der Waals surface area (Å²) in [7, 11) is 0. The Hall–Kier alpha value is -2.16. The molecule has 0 aromatic heterocycles. The van der Waals surface area contributed by atoms with Gasteiger partial charge < -0.3 is 14.2 Å². The van der Waals surface area contributed by atoms with Crippen LogP contribution in [-0.4, -0.2) is 16.8 Å². The number of ether oxygens (including phenoxy) is 3. The normalized spacial score (nSPS) is 37.1. The quantitative estimate of drug-likeness (QED) is 0.475. The van der Waals surface area contributed by atoms with E-state index in [0.29, 0.717) is 0 Å². The van der Waals surface area contributed by atoms with Crippen LogP contribution in [0.3, 0.4) is 0 Å². The lowest BCUT2D eigenvalue weighted by atomic mass is 9.84. The van der Waals surface area contributed by atoms with E-state index in [1.165, 1.54) is 36.0 Å². The van der Waals surface area contributed by atoms with E-state index < -0.39 is 0 Å². The van der Waals surface area contributed by atoms with E-state index in [2.05, 4.69) is 39.0 Å². The summed E-state index contributed by atoms with van der Waals surface area (Å²) < 4.78 is 20.5. The van der Waals surface area contributed by atoms with Gasteiger partial charge in [0.2, 0.25) is 0 Å². The minimum atomic E-state index is -0.184. The average molecular weight is 403 g/mol. The van der Waals surface area contributed by atoms with Crippen LogP contribution in [0.4, 0.5) is 0 Å². The number of hydrogen-bond donors (Lipinski definition) is 0. The molecule has 30 heavy (non-hydrogen) atoms. The number of hydrogen-bond acceptors (Lipinski definition) is 3. The Morgan fingerprint density at radius 1 is 0.533 bits per heavy atom. The predicted molar refractivity (Wildman–Crippen MR) is 119 cm³/mol. The van der Waals surface area contributed by atoms with Crippen molar-refractivity contribution in [3.8, 4) is 17.2 Å².